The van der Waals surface area contributed by atoms with Crippen molar-refractivity contribution in [1.29, 1.82) is 5.26 Å². The van der Waals surface area contributed by atoms with Gasteiger partial charge in [0.2, 0.25) is 6.79 Å². The van der Waals surface area contributed by atoms with E-state index in [1.807, 2.05) is 18.2 Å². The van der Waals surface area contributed by atoms with Crippen LogP contribution in [0, 0.1) is 11.3 Å². The number of benzene rings is 1. The largest absolute Gasteiger partial charge is 0.454 e. The van der Waals surface area contributed by atoms with E-state index in [1.165, 1.54) is 0 Å². The first-order valence-electron chi connectivity index (χ1n) is 5.37. The predicted octanol–water partition coefficient (Wildman–Crippen LogP) is 1.81. The molecule has 0 saturated heterocycles. The number of ether oxygens (including phenoxy) is 2. The number of rotatable bonds is 5. The fourth-order valence-electron chi connectivity index (χ4n) is 1.65. The van der Waals surface area contributed by atoms with E-state index < -0.39 is 0 Å². The summed E-state index contributed by atoms with van der Waals surface area (Å²) in [5.41, 5.74) is 1.10. The number of nitriles is 1. The lowest BCUT2D eigenvalue weighted by Crippen LogP contribution is -2.14. The third-order valence-corrected chi connectivity index (χ3v) is 2.44. The van der Waals surface area contributed by atoms with E-state index in [9.17, 15) is 0 Å². The molecule has 1 aliphatic heterocycles. The molecule has 0 unspecified atom stereocenters. The zero-order valence-electron chi connectivity index (χ0n) is 9.03. The average molecular weight is 218 g/mol. The Hall–Kier alpha value is -1.73. The quantitative estimate of drug-likeness (QED) is 0.766. The van der Waals surface area contributed by atoms with Crippen molar-refractivity contribution in [2.75, 3.05) is 13.3 Å². The van der Waals surface area contributed by atoms with Crippen molar-refractivity contribution in [3.05, 3.63) is 23.8 Å². The third-order valence-electron chi connectivity index (χ3n) is 2.44. The molecule has 4 nitrogen and oxygen atoms in total. The topological polar surface area (TPSA) is 54.3 Å². The van der Waals surface area contributed by atoms with Crippen LogP contribution in [0.4, 0.5) is 0 Å². The molecule has 1 aliphatic rings. The summed E-state index contributed by atoms with van der Waals surface area (Å²) >= 11 is 0. The van der Waals surface area contributed by atoms with Gasteiger partial charge in [-0.1, -0.05) is 12.1 Å². The molecule has 0 aromatic heterocycles. The second kappa shape index (κ2) is 5.38. The number of hydrogen-bond donors (Lipinski definition) is 1. The van der Waals surface area contributed by atoms with Crippen LogP contribution in [0.3, 0.4) is 0 Å². The lowest BCUT2D eigenvalue weighted by Gasteiger charge is -2.06. The summed E-state index contributed by atoms with van der Waals surface area (Å²) in [4.78, 5) is 0. The van der Waals surface area contributed by atoms with Crippen LogP contribution in [0.1, 0.15) is 18.4 Å². The van der Waals surface area contributed by atoms with E-state index in [1.54, 1.807) is 0 Å². The molecule has 0 spiro atoms. The first-order chi connectivity index (χ1) is 7.92. The molecule has 2 rings (SSSR count). The molecule has 0 radical (unpaired) electrons. The number of para-hydroxylation sites is 1. The molecule has 0 atom stereocenters. The Balaban J connectivity index is 1.86. The van der Waals surface area contributed by atoms with Gasteiger partial charge >= 0.3 is 0 Å². The van der Waals surface area contributed by atoms with Crippen molar-refractivity contribution < 1.29 is 9.47 Å². The summed E-state index contributed by atoms with van der Waals surface area (Å²) in [5.74, 6) is 1.66. The number of nitrogens with one attached hydrogen (secondary N) is 1. The molecule has 0 bridgehead atoms. The fraction of sp³-hybridized carbons (Fsp3) is 0.417. The van der Waals surface area contributed by atoms with Crippen LogP contribution >= 0.6 is 0 Å². The average Bonchev–Trinajstić information content (AvgIpc) is 2.77. The van der Waals surface area contributed by atoms with Crippen LogP contribution in [-0.4, -0.2) is 13.3 Å². The van der Waals surface area contributed by atoms with Crippen LogP contribution in [0.5, 0.6) is 11.5 Å². The predicted molar refractivity (Wildman–Crippen MR) is 59.1 cm³/mol. The summed E-state index contributed by atoms with van der Waals surface area (Å²) in [7, 11) is 0. The summed E-state index contributed by atoms with van der Waals surface area (Å²) in [6.07, 6.45) is 1.47. The first kappa shape index (κ1) is 10.8. The van der Waals surface area contributed by atoms with Crippen molar-refractivity contribution in [2.24, 2.45) is 0 Å². The number of nitrogens with zero attached hydrogens (tertiary/aromatic N) is 1. The highest BCUT2D eigenvalue weighted by Gasteiger charge is 2.16. The minimum atomic E-state index is 0.306. The molecule has 1 heterocycles. The lowest BCUT2D eigenvalue weighted by molar-refractivity contribution is 0.173. The van der Waals surface area contributed by atoms with Crippen molar-refractivity contribution in [3.63, 3.8) is 0 Å². The Kier molecular flexibility index (Phi) is 3.62. The van der Waals surface area contributed by atoms with E-state index in [0.717, 1.165) is 36.6 Å². The minimum absolute atomic E-state index is 0.306. The van der Waals surface area contributed by atoms with Crippen LogP contribution in [0.25, 0.3) is 0 Å². The standard InChI is InChI=1S/C12H14N2O2/c13-6-1-2-7-14-8-10-4-3-5-11-12(10)16-9-15-11/h3-5,14H,1-2,7-9H2. The summed E-state index contributed by atoms with van der Waals surface area (Å²) in [5, 5.41) is 11.7. The van der Waals surface area contributed by atoms with Gasteiger partial charge in [0.15, 0.2) is 11.5 Å². The Bertz CT molecular complexity index is 398. The second-order valence-corrected chi connectivity index (χ2v) is 3.59. The number of unbranched alkanes of at least 4 members (excludes halogenated alkanes) is 1. The zero-order chi connectivity index (χ0) is 11.2. The highest BCUT2D eigenvalue weighted by atomic mass is 16.7. The van der Waals surface area contributed by atoms with Gasteiger partial charge in [-0.15, -0.1) is 0 Å². The van der Waals surface area contributed by atoms with Crippen LogP contribution in [0.2, 0.25) is 0 Å². The van der Waals surface area contributed by atoms with E-state index in [-0.39, 0.29) is 0 Å². The maximum atomic E-state index is 8.40. The highest BCUT2D eigenvalue weighted by Crippen LogP contribution is 2.35. The SMILES string of the molecule is N#CCCCNCc1cccc2c1OCO2. The first-order valence-corrected chi connectivity index (χ1v) is 5.37. The zero-order valence-corrected chi connectivity index (χ0v) is 9.03. The monoisotopic (exact) mass is 218 g/mol. The van der Waals surface area contributed by atoms with E-state index in [4.69, 9.17) is 14.7 Å². The van der Waals surface area contributed by atoms with Gasteiger partial charge in [-0.2, -0.15) is 5.26 Å². The van der Waals surface area contributed by atoms with Crippen LogP contribution in [0.15, 0.2) is 18.2 Å². The normalized spacial score (nSPS) is 12.4. The van der Waals surface area contributed by atoms with Gasteiger partial charge in [-0.05, 0) is 19.0 Å². The molecule has 1 N–H and O–H groups in total. The molecule has 84 valence electrons. The van der Waals surface area contributed by atoms with Gasteiger partial charge in [0.25, 0.3) is 0 Å². The molecule has 0 saturated carbocycles. The maximum absolute atomic E-state index is 8.40. The van der Waals surface area contributed by atoms with Gasteiger partial charge in [0, 0.05) is 18.5 Å². The van der Waals surface area contributed by atoms with E-state index >= 15 is 0 Å². The highest BCUT2D eigenvalue weighted by molar-refractivity contribution is 5.48. The minimum Gasteiger partial charge on any atom is -0.454 e. The van der Waals surface area contributed by atoms with Crippen molar-refractivity contribution >= 4 is 0 Å². The molecule has 1 aromatic rings. The molecule has 0 fully saturated rings. The van der Waals surface area contributed by atoms with Gasteiger partial charge in [0.05, 0.1) is 6.07 Å². The second-order valence-electron chi connectivity index (χ2n) is 3.59. The Morgan fingerprint density at radius 2 is 2.31 bits per heavy atom. The molecular weight excluding hydrogens is 204 g/mol. The molecule has 0 aliphatic carbocycles. The summed E-state index contributed by atoms with van der Waals surface area (Å²) < 4.78 is 10.7. The van der Waals surface area contributed by atoms with Gasteiger partial charge in [0.1, 0.15) is 0 Å². The summed E-state index contributed by atoms with van der Waals surface area (Å²) in [6, 6.07) is 8.00. The third kappa shape index (κ3) is 2.44. The van der Waals surface area contributed by atoms with Gasteiger partial charge in [-0.25, -0.2) is 0 Å². The van der Waals surface area contributed by atoms with Crippen molar-refractivity contribution in [3.8, 4) is 17.6 Å². The van der Waals surface area contributed by atoms with Crippen molar-refractivity contribution in [2.45, 2.75) is 19.4 Å². The molecule has 0 amide bonds. The smallest absolute Gasteiger partial charge is 0.231 e. The van der Waals surface area contributed by atoms with Crippen molar-refractivity contribution in [1.82, 2.24) is 5.32 Å². The molecular formula is C12H14N2O2. The molecule has 1 aromatic carbocycles. The van der Waals surface area contributed by atoms with Gasteiger partial charge < -0.3 is 14.8 Å². The van der Waals surface area contributed by atoms with E-state index in [0.29, 0.717) is 13.2 Å². The molecule has 16 heavy (non-hydrogen) atoms. The molecule has 4 heteroatoms. The fourth-order valence-corrected chi connectivity index (χ4v) is 1.65. The number of fused-ring (bicyclic) bond motifs is 1. The Morgan fingerprint density at radius 1 is 1.38 bits per heavy atom. The maximum Gasteiger partial charge on any atom is 0.231 e. The Labute approximate surface area is 94.8 Å². The van der Waals surface area contributed by atoms with Crippen LogP contribution < -0.4 is 14.8 Å². The number of hydrogen-bond acceptors (Lipinski definition) is 4. The summed E-state index contributed by atoms with van der Waals surface area (Å²) in [6.45, 7) is 1.90. The lowest BCUT2D eigenvalue weighted by atomic mass is 10.2. The van der Waals surface area contributed by atoms with E-state index in [2.05, 4.69) is 11.4 Å². The Morgan fingerprint density at radius 3 is 3.19 bits per heavy atom. The van der Waals surface area contributed by atoms with Crippen LogP contribution in [-0.2, 0) is 6.54 Å². The van der Waals surface area contributed by atoms with Gasteiger partial charge in [-0.3, -0.25) is 0 Å².